The number of amides is 1. The van der Waals surface area contributed by atoms with Crippen LogP contribution in [0.3, 0.4) is 0 Å². The van der Waals surface area contributed by atoms with E-state index < -0.39 is 5.97 Å². The van der Waals surface area contributed by atoms with Crippen LogP contribution < -0.4 is 5.32 Å². The van der Waals surface area contributed by atoms with Gasteiger partial charge in [0.15, 0.2) is 6.61 Å². The number of nitrogens with one attached hydrogen (secondary N) is 1. The van der Waals surface area contributed by atoms with Crippen LogP contribution in [0.4, 0.5) is 0 Å². The lowest BCUT2D eigenvalue weighted by atomic mass is 10.2. The number of esters is 1. The zero-order chi connectivity index (χ0) is 14.4. The van der Waals surface area contributed by atoms with Crippen molar-refractivity contribution in [2.75, 3.05) is 19.8 Å². The second-order valence-electron chi connectivity index (χ2n) is 4.53. The Morgan fingerprint density at radius 1 is 1.45 bits per heavy atom. The van der Waals surface area contributed by atoms with E-state index in [1.165, 1.54) is 0 Å². The quantitative estimate of drug-likeness (QED) is 0.831. The number of carbonyl (C=O) groups is 2. The molecule has 1 amide bonds. The van der Waals surface area contributed by atoms with Crippen LogP contribution in [0.25, 0.3) is 0 Å². The Labute approximate surface area is 125 Å². The second kappa shape index (κ2) is 7.40. The molecule has 0 aliphatic carbocycles. The van der Waals surface area contributed by atoms with Gasteiger partial charge in [-0.1, -0.05) is 22.0 Å². The predicted octanol–water partition coefficient (Wildman–Crippen LogP) is 1.90. The fourth-order valence-electron chi connectivity index (χ4n) is 1.91. The monoisotopic (exact) mass is 341 g/mol. The van der Waals surface area contributed by atoms with E-state index in [9.17, 15) is 9.59 Å². The smallest absolute Gasteiger partial charge is 0.338 e. The lowest BCUT2D eigenvalue weighted by Gasteiger charge is -2.11. The van der Waals surface area contributed by atoms with Crippen LogP contribution in [0.1, 0.15) is 23.2 Å². The first kappa shape index (κ1) is 15.0. The zero-order valence-corrected chi connectivity index (χ0v) is 12.5. The molecule has 2 rings (SSSR count). The van der Waals surface area contributed by atoms with Gasteiger partial charge in [0.25, 0.3) is 5.91 Å². The maximum atomic E-state index is 11.7. The molecule has 1 atom stereocenters. The largest absolute Gasteiger partial charge is 0.452 e. The Morgan fingerprint density at radius 2 is 2.30 bits per heavy atom. The third-order valence-corrected chi connectivity index (χ3v) is 3.44. The van der Waals surface area contributed by atoms with Crippen LogP contribution in [-0.2, 0) is 14.3 Å². The maximum Gasteiger partial charge on any atom is 0.338 e. The zero-order valence-electron chi connectivity index (χ0n) is 10.9. The number of hydrogen-bond acceptors (Lipinski definition) is 4. The van der Waals surface area contributed by atoms with Crippen LogP contribution >= 0.6 is 15.9 Å². The number of carbonyl (C=O) groups excluding carboxylic acids is 2. The summed E-state index contributed by atoms with van der Waals surface area (Å²) in [4.78, 5) is 23.3. The van der Waals surface area contributed by atoms with Gasteiger partial charge in [0.2, 0.25) is 0 Å². The Morgan fingerprint density at radius 3 is 3.00 bits per heavy atom. The lowest BCUT2D eigenvalue weighted by molar-refractivity contribution is -0.124. The van der Waals surface area contributed by atoms with Crippen molar-refractivity contribution < 1.29 is 19.1 Å². The number of rotatable bonds is 5. The Bertz CT molecular complexity index is 486. The van der Waals surface area contributed by atoms with E-state index in [-0.39, 0.29) is 18.6 Å². The Hall–Kier alpha value is -1.40. The summed E-state index contributed by atoms with van der Waals surface area (Å²) in [6, 6.07) is 6.83. The normalized spacial score (nSPS) is 17.8. The average Bonchev–Trinajstić information content (AvgIpc) is 2.95. The van der Waals surface area contributed by atoms with E-state index in [1.54, 1.807) is 18.2 Å². The molecule has 1 N–H and O–H groups in total. The topological polar surface area (TPSA) is 64.6 Å². The number of hydrogen-bond donors (Lipinski definition) is 1. The van der Waals surface area contributed by atoms with Crippen LogP contribution in [0.2, 0.25) is 0 Å². The number of halogens is 1. The van der Waals surface area contributed by atoms with Crippen molar-refractivity contribution in [3.8, 4) is 0 Å². The minimum absolute atomic E-state index is 0.0831. The summed E-state index contributed by atoms with van der Waals surface area (Å²) in [5.74, 6) is -0.831. The van der Waals surface area contributed by atoms with Crippen molar-refractivity contribution in [3.05, 3.63) is 34.3 Å². The molecule has 1 saturated heterocycles. The fourth-order valence-corrected chi connectivity index (χ4v) is 2.31. The molecule has 1 aliphatic rings. The van der Waals surface area contributed by atoms with Gasteiger partial charge < -0.3 is 14.8 Å². The molecular weight excluding hydrogens is 326 g/mol. The van der Waals surface area contributed by atoms with Crippen molar-refractivity contribution in [3.63, 3.8) is 0 Å². The average molecular weight is 342 g/mol. The molecule has 0 radical (unpaired) electrons. The molecule has 20 heavy (non-hydrogen) atoms. The molecule has 1 heterocycles. The van der Waals surface area contributed by atoms with Crippen molar-refractivity contribution in [1.29, 1.82) is 0 Å². The molecule has 1 aliphatic heterocycles. The molecule has 5 nitrogen and oxygen atoms in total. The van der Waals surface area contributed by atoms with Gasteiger partial charge in [0.05, 0.1) is 11.7 Å². The van der Waals surface area contributed by atoms with E-state index >= 15 is 0 Å². The first-order valence-electron chi connectivity index (χ1n) is 6.46. The summed E-state index contributed by atoms with van der Waals surface area (Å²) in [6.45, 7) is 0.934. The molecule has 1 fully saturated rings. The fraction of sp³-hybridized carbons (Fsp3) is 0.429. The first-order valence-corrected chi connectivity index (χ1v) is 7.25. The van der Waals surface area contributed by atoms with Crippen molar-refractivity contribution in [2.45, 2.75) is 18.9 Å². The molecule has 0 bridgehead atoms. The molecule has 1 aromatic rings. The summed E-state index contributed by atoms with van der Waals surface area (Å²) in [7, 11) is 0. The van der Waals surface area contributed by atoms with Crippen molar-refractivity contribution >= 4 is 27.8 Å². The van der Waals surface area contributed by atoms with Gasteiger partial charge in [-0.2, -0.15) is 0 Å². The van der Waals surface area contributed by atoms with Gasteiger partial charge in [-0.3, -0.25) is 4.79 Å². The Kier molecular flexibility index (Phi) is 5.55. The first-order chi connectivity index (χ1) is 9.65. The summed E-state index contributed by atoms with van der Waals surface area (Å²) >= 11 is 3.27. The Balaban J connectivity index is 1.71. The molecule has 108 valence electrons. The molecule has 0 saturated carbocycles. The molecular formula is C14H16BrNO4. The van der Waals surface area contributed by atoms with Gasteiger partial charge in [-0.05, 0) is 31.0 Å². The van der Waals surface area contributed by atoms with Crippen molar-refractivity contribution in [2.24, 2.45) is 0 Å². The van der Waals surface area contributed by atoms with Gasteiger partial charge in [-0.15, -0.1) is 0 Å². The van der Waals surface area contributed by atoms with E-state index in [0.29, 0.717) is 12.1 Å². The van der Waals surface area contributed by atoms with E-state index in [4.69, 9.17) is 9.47 Å². The van der Waals surface area contributed by atoms with Crippen LogP contribution in [0.5, 0.6) is 0 Å². The van der Waals surface area contributed by atoms with Crippen LogP contribution in [0.15, 0.2) is 28.7 Å². The van der Waals surface area contributed by atoms with Gasteiger partial charge in [-0.25, -0.2) is 4.79 Å². The third-order valence-electron chi connectivity index (χ3n) is 2.95. The minimum atomic E-state index is -0.515. The van der Waals surface area contributed by atoms with Gasteiger partial charge in [0.1, 0.15) is 0 Å². The van der Waals surface area contributed by atoms with E-state index in [0.717, 1.165) is 23.9 Å². The molecule has 1 unspecified atom stereocenters. The third kappa shape index (κ3) is 4.61. The molecule has 0 spiro atoms. The standard InChI is InChI=1S/C14H16BrNO4/c15-11-4-1-3-10(7-11)14(18)20-9-13(17)16-8-12-5-2-6-19-12/h1,3-4,7,12H,2,5-6,8-9H2,(H,16,17). The summed E-state index contributed by atoms with van der Waals surface area (Å²) in [6.07, 6.45) is 2.07. The van der Waals surface area contributed by atoms with Crippen LogP contribution in [-0.4, -0.2) is 37.7 Å². The molecule has 6 heteroatoms. The summed E-state index contributed by atoms with van der Waals surface area (Å²) in [5, 5.41) is 2.69. The number of ether oxygens (including phenoxy) is 2. The highest BCUT2D eigenvalue weighted by Gasteiger charge is 2.16. The van der Waals surface area contributed by atoms with Gasteiger partial charge in [0, 0.05) is 17.6 Å². The lowest BCUT2D eigenvalue weighted by Crippen LogP contribution is -2.34. The SMILES string of the molecule is O=C(COC(=O)c1cccc(Br)c1)NCC1CCCO1. The van der Waals surface area contributed by atoms with Gasteiger partial charge >= 0.3 is 5.97 Å². The summed E-state index contributed by atoms with van der Waals surface area (Å²) in [5.41, 5.74) is 0.409. The van der Waals surface area contributed by atoms with E-state index in [2.05, 4.69) is 21.2 Å². The maximum absolute atomic E-state index is 11.7. The van der Waals surface area contributed by atoms with E-state index in [1.807, 2.05) is 6.07 Å². The number of benzene rings is 1. The predicted molar refractivity (Wildman–Crippen MR) is 76.4 cm³/mol. The minimum Gasteiger partial charge on any atom is -0.452 e. The molecule has 0 aromatic heterocycles. The molecule has 1 aromatic carbocycles. The second-order valence-corrected chi connectivity index (χ2v) is 5.44. The summed E-state index contributed by atoms with van der Waals surface area (Å²) < 4.78 is 11.1. The van der Waals surface area contributed by atoms with Crippen molar-refractivity contribution in [1.82, 2.24) is 5.32 Å². The highest BCUT2D eigenvalue weighted by molar-refractivity contribution is 9.10. The highest BCUT2D eigenvalue weighted by Crippen LogP contribution is 2.12. The highest BCUT2D eigenvalue weighted by atomic mass is 79.9. The van der Waals surface area contributed by atoms with Crippen LogP contribution in [0, 0.1) is 0 Å².